The Balaban J connectivity index is 1.80. The van der Waals surface area contributed by atoms with Crippen molar-refractivity contribution in [1.82, 2.24) is 4.72 Å². The molecule has 7 heteroatoms. The summed E-state index contributed by atoms with van der Waals surface area (Å²) in [4.78, 5) is 12.2. The number of anilines is 1. The summed E-state index contributed by atoms with van der Waals surface area (Å²) >= 11 is 0. The average molecular weight is 410 g/mol. The van der Waals surface area contributed by atoms with Gasteiger partial charge in [-0.3, -0.25) is 4.79 Å². The highest BCUT2D eigenvalue weighted by Gasteiger charge is 2.26. The summed E-state index contributed by atoms with van der Waals surface area (Å²) in [6, 6.07) is 21.9. The quantitative estimate of drug-likeness (QED) is 0.461. The molecule has 0 amide bonds. The van der Waals surface area contributed by atoms with E-state index in [9.17, 15) is 13.2 Å². The van der Waals surface area contributed by atoms with Crippen LogP contribution in [0.15, 0.2) is 83.8 Å². The lowest BCUT2D eigenvalue weighted by molar-refractivity contribution is -0.142. The number of hydrogen-bond acceptors (Lipinski definition) is 5. The third-order valence-electron chi connectivity index (χ3n) is 4.47. The van der Waals surface area contributed by atoms with Crippen molar-refractivity contribution in [2.24, 2.45) is 0 Å². The number of nitrogens with one attached hydrogen (secondary N) is 1. The van der Waals surface area contributed by atoms with Crippen LogP contribution >= 0.6 is 0 Å². The molecule has 0 fully saturated rings. The summed E-state index contributed by atoms with van der Waals surface area (Å²) in [5, 5.41) is 0. The highest BCUT2D eigenvalue weighted by Crippen LogP contribution is 2.22. The van der Waals surface area contributed by atoms with E-state index in [0.29, 0.717) is 5.69 Å². The molecule has 0 aliphatic rings. The van der Waals surface area contributed by atoms with Crippen LogP contribution in [0, 0.1) is 0 Å². The Hall–Kier alpha value is -3.16. The molecule has 0 saturated carbocycles. The van der Waals surface area contributed by atoms with E-state index < -0.39 is 22.0 Å². The van der Waals surface area contributed by atoms with Gasteiger partial charge < -0.3 is 10.5 Å². The van der Waals surface area contributed by atoms with E-state index >= 15 is 0 Å². The lowest BCUT2D eigenvalue weighted by Crippen LogP contribution is -2.42. The number of nitrogen functional groups attached to an aromatic ring is 1. The van der Waals surface area contributed by atoms with Gasteiger partial charge in [-0.1, -0.05) is 54.6 Å². The van der Waals surface area contributed by atoms with Crippen molar-refractivity contribution in [3.8, 4) is 11.1 Å². The second kappa shape index (κ2) is 8.89. The number of carbonyl (C=O) groups is 1. The maximum Gasteiger partial charge on any atom is 0.324 e. The molecule has 1 atom stereocenters. The largest absolute Gasteiger partial charge is 0.468 e. The van der Waals surface area contributed by atoms with Crippen molar-refractivity contribution in [3.05, 3.63) is 84.4 Å². The van der Waals surface area contributed by atoms with E-state index in [2.05, 4.69) is 4.72 Å². The fourth-order valence-electron chi connectivity index (χ4n) is 2.92. The number of benzene rings is 3. The SMILES string of the molecule is COC(=O)[C@@H](Cc1ccccc1)NS(=O)(=O)c1ccc(-c2ccc(N)cc2)cc1. The Kier molecular flexibility index (Phi) is 6.31. The zero-order valence-electron chi connectivity index (χ0n) is 15.9. The molecule has 0 heterocycles. The fraction of sp³-hybridized carbons (Fsp3) is 0.136. The third-order valence-corrected chi connectivity index (χ3v) is 5.96. The molecule has 29 heavy (non-hydrogen) atoms. The summed E-state index contributed by atoms with van der Waals surface area (Å²) < 4.78 is 32.9. The zero-order chi connectivity index (χ0) is 20.9. The van der Waals surface area contributed by atoms with Gasteiger partial charge in [0.1, 0.15) is 6.04 Å². The Labute approximate surface area is 170 Å². The van der Waals surface area contributed by atoms with Gasteiger partial charge in [0.05, 0.1) is 12.0 Å². The second-order valence-corrected chi connectivity index (χ2v) is 8.25. The van der Waals surface area contributed by atoms with Crippen molar-refractivity contribution in [3.63, 3.8) is 0 Å². The minimum Gasteiger partial charge on any atom is -0.468 e. The van der Waals surface area contributed by atoms with Crippen molar-refractivity contribution in [2.45, 2.75) is 17.4 Å². The van der Waals surface area contributed by atoms with Crippen LogP contribution < -0.4 is 10.5 Å². The zero-order valence-corrected chi connectivity index (χ0v) is 16.7. The molecule has 3 aromatic carbocycles. The lowest BCUT2D eigenvalue weighted by atomic mass is 10.1. The second-order valence-electron chi connectivity index (χ2n) is 6.53. The van der Waals surface area contributed by atoms with Crippen LogP contribution in [-0.2, 0) is 26.0 Å². The molecule has 3 rings (SSSR count). The molecule has 3 aromatic rings. The van der Waals surface area contributed by atoms with Crippen molar-refractivity contribution in [1.29, 1.82) is 0 Å². The van der Waals surface area contributed by atoms with Gasteiger partial charge in [-0.15, -0.1) is 0 Å². The molecular weight excluding hydrogens is 388 g/mol. The molecule has 0 bridgehead atoms. The van der Waals surface area contributed by atoms with Crippen LogP contribution in [0.25, 0.3) is 11.1 Å². The van der Waals surface area contributed by atoms with Crippen molar-refractivity contribution in [2.75, 3.05) is 12.8 Å². The number of nitrogens with two attached hydrogens (primary N) is 1. The summed E-state index contributed by atoms with van der Waals surface area (Å²) in [5.41, 5.74) is 8.96. The predicted octanol–water partition coefficient (Wildman–Crippen LogP) is 3.00. The predicted molar refractivity (Wildman–Crippen MR) is 113 cm³/mol. The van der Waals surface area contributed by atoms with Gasteiger partial charge in [0, 0.05) is 5.69 Å². The number of carbonyl (C=O) groups excluding carboxylic acids is 1. The number of esters is 1. The van der Waals surface area contributed by atoms with Crippen molar-refractivity contribution >= 4 is 21.7 Å². The van der Waals surface area contributed by atoms with E-state index in [4.69, 9.17) is 10.5 Å². The van der Waals surface area contributed by atoms with Gasteiger partial charge >= 0.3 is 5.97 Å². The fourth-order valence-corrected chi connectivity index (χ4v) is 4.11. The van der Waals surface area contributed by atoms with Crippen LogP contribution in [0.5, 0.6) is 0 Å². The molecule has 0 aromatic heterocycles. The number of hydrogen-bond donors (Lipinski definition) is 2. The highest BCUT2D eigenvalue weighted by molar-refractivity contribution is 7.89. The molecule has 6 nitrogen and oxygen atoms in total. The molecule has 0 saturated heterocycles. The van der Waals surface area contributed by atoms with E-state index in [1.54, 1.807) is 24.3 Å². The van der Waals surface area contributed by atoms with Crippen LogP contribution in [0.3, 0.4) is 0 Å². The van der Waals surface area contributed by atoms with Gasteiger partial charge in [0.25, 0.3) is 0 Å². The van der Waals surface area contributed by atoms with E-state index in [-0.39, 0.29) is 11.3 Å². The first kappa shape index (κ1) is 20.6. The third kappa shape index (κ3) is 5.22. The topological polar surface area (TPSA) is 98.5 Å². The van der Waals surface area contributed by atoms with Gasteiger partial charge in [0.2, 0.25) is 10.0 Å². The van der Waals surface area contributed by atoms with Gasteiger partial charge in [-0.25, -0.2) is 8.42 Å². The molecule has 0 aliphatic heterocycles. The summed E-state index contributed by atoms with van der Waals surface area (Å²) in [7, 11) is -2.68. The first-order valence-electron chi connectivity index (χ1n) is 8.99. The number of methoxy groups -OCH3 is 1. The van der Waals surface area contributed by atoms with E-state index in [0.717, 1.165) is 16.7 Å². The van der Waals surface area contributed by atoms with E-state index in [1.165, 1.54) is 19.2 Å². The molecule has 0 aliphatic carbocycles. The van der Waals surface area contributed by atoms with E-state index in [1.807, 2.05) is 42.5 Å². The molecule has 150 valence electrons. The maximum atomic E-state index is 12.8. The summed E-state index contributed by atoms with van der Waals surface area (Å²) in [6.45, 7) is 0. The Morgan fingerprint density at radius 3 is 2.03 bits per heavy atom. The molecule has 0 radical (unpaired) electrons. The van der Waals surface area contributed by atoms with Crippen LogP contribution in [0.4, 0.5) is 5.69 Å². The minimum atomic E-state index is -3.91. The Bertz CT molecular complexity index is 1060. The highest BCUT2D eigenvalue weighted by atomic mass is 32.2. The van der Waals surface area contributed by atoms with Crippen molar-refractivity contribution < 1.29 is 17.9 Å². The molecule has 3 N–H and O–H groups in total. The number of rotatable bonds is 7. The monoisotopic (exact) mass is 410 g/mol. The normalized spacial score (nSPS) is 12.3. The van der Waals surface area contributed by atoms with Crippen LogP contribution in [-0.4, -0.2) is 27.5 Å². The average Bonchev–Trinajstić information content (AvgIpc) is 2.74. The van der Waals surface area contributed by atoms with Gasteiger partial charge in [-0.05, 0) is 47.4 Å². The molecular formula is C22H22N2O4S. The molecule has 0 unspecified atom stereocenters. The standard InChI is InChI=1S/C22H22N2O4S/c1-28-22(25)21(15-16-5-3-2-4-6-16)24-29(26,27)20-13-9-18(10-14-20)17-7-11-19(23)12-8-17/h2-14,21,24H,15,23H2,1H3/t21-/m1/s1. The maximum absolute atomic E-state index is 12.8. The smallest absolute Gasteiger partial charge is 0.324 e. The summed E-state index contributed by atoms with van der Waals surface area (Å²) in [5.74, 6) is -0.643. The van der Waals surface area contributed by atoms with Gasteiger partial charge in [-0.2, -0.15) is 4.72 Å². The Morgan fingerprint density at radius 1 is 0.931 bits per heavy atom. The van der Waals surface area contributed by atoms with Gasteiger partial charge in [0.15, 0.2) is 0 Å². The van der Waals surface area contributed by atoms with Crippen LogP contribution in [0.2, 0.25) is 0 Å². The first-order valence-corrected chi connectivity index (χ1v) is 10.5. The van der Waals surface area contributed by atoms with Crippen LogP contribution in [0.1, 0.15) is 5.56 Å². The number of ether oxygens (including phenoxy) is 1. The Morgan fingerprint density at radius 2 is 1.48 bits per heavy atom. The lowest BCUT2D eigenvalue weighted by Gasteiger charge is -2.17. The molecule has 0 spiro atoms. The first-order chi connectivity index (χ1) is 13.9. The summed E-state index contributed by atoms with van der Waals surface area (Å²) in [6.07, 6.45) is 0.191. The number of sulfonamides is 1. The minimum absolute atomic E-state index is 0.0682.